The highest BCUT2D eigenvalue weighted by Gasteiger charge is 2.36. The predicted octanol–water partition coefficient (Wildman–Crippen LogP) is 3.66. The van der Waals surface area contributed by atoms with Crippen molar-refractivity contribution in [2.45, 2.75) is 10.7 Å². The maximum atomic E-state index is 12.6. The minimum absolute atomic E-state index is 0.125. The number of phenolic OH excluding ortho intramolecular Hbond substituents is 2. The first-order valence-electron chi connectivity index (χ1n) is 6.42. The highest BCUT2D eigenvalue weighted by molar-refractivity contribution is 9.09. The van der Waals surface area contributed by atoms with Gasteiger partial charge in [-0.25, -0.2) is 0 Å². The molecular formula is C16H10Br2O4. The van der Waals surface area contributed by atoms with E-state index in [-0.39, 0.29) is 44.4 Å². The maximum absolute atomic E-state index is 12.6. The van der Waals surface area contributed by atoms with Crippen LogP contribution in [0.5, 0.6) is 11.5 Å². The molecule has 0 heterocycles. The summed E-state index contributed by atoms with van der Waals surface area (Å²) >= 11 is 6.48. The molecule has 0 spiro atoms. The van der Waals surface area contributed by atoms with Gasteiger partial charge in [0.15, 0.2) is 11.6 Å². The van der Waals surface area contributed by atoms with Crippen LogP contribution in [-0.4, -0.2) is 21.8 Å². The first-order chi connectivity index (χ1) is 10.5. The van der Waals surface area contributed by atoms with Crippen molar-refractivity contribution in [2.75, 3.05) is 0 Å². The van der Waals surface area contributed by atoms with E-state index in [1.54, 1.807) is 24.3 Å². The second-order valence-corrected chi connectivity index (χ2v) is 6.00. The van der Waals surface area contributed by atoms with Gasteiger partial charge in [-0.05, 0) is 0 Å². The van der Waals surface area contributed by atoms with Crippen molar-refractivity contribution in [1.82, 2.24) is 0 Å². The number of carbonyl (C=O) groups excluding carboxylic acids is 2. The van der Waals surface area contributed by atoms with Gasteiger partial charge in [-0.15, -0.1) is 0 Å². The van der Waals surface area contributed by atoms with Crippen LogP contribution in [0.15, 0.2) is 24.3 Å². The summed E-state index contributed by atoms with van der Waals surface area (Å²) in [5, 5.41) is 21.4. The number of fused-ring (bicyclic) bond motifs is 2. The lowest BCUT2D eigenvalue weighted by molar-refractivity contribution is 0.0974. The number of benzene rings is 2. The molecule has 0 amide bonds. The van der Waals surface area contributed by atoms with Gasteiger partial charge in [0.1, 0.15) is 11.5 Å². The lowest BCUT2D eigenvalue weighted by Gasteiger charge is -2.22. The molecule has 0 saturated carbocycles. The predicted molar refractivity (Wildman–Crippen MR) is 88.3 cm³/mol. The Morgan fingerprint density at radius 3 is 1.45 bits per heavy atom. The zero-order chi connectivity index (χ0) is 16.0. The standard InChI is InChI=1S/C16H10Br2O4/c17-5-9-10(6-18)16(22)12-11(15(9)21)13(19)7-3-1-2-4-8(7)14(12)20/h1-4,21-22H,5-6H2. The van der Waals surface area contributed by atoms with Crippen molar-refractivity contribution in [3.05, 3.63) is 57.6 Å². The van der Waals surface area contributed by atoms with Crippen LogP contribution in [-0.2, 0) is 10.7 Å². The van der Waals surface area contributed by atoms with Crippen LogP contribution in [0, 0.1) is 0 Å². The summed E-state index contributed by atoms with van der Waals surface area (Å²) in [5.74, 6) is -1.43. The van der Waals surface area contributed by atoms with Gasteiger partial charge < -0.3 is 10.2 Å². The topological polar surface area (TPSA) is 74.6 Å². The molecule has 2 N–H and O–H groups in total. The summed E-state index contributed by atoms with van der Waals surface area (Å²) in [6, 6.07) is 6.40. The van der Waals surface area contributed by atoms with E-state index >= 15 is 0 Å². The Morgan fingerprint density at radius 2 is 1.14 bits per heavy atom. The molecule has 0 radical (unpaired) electrons. The maximum Gasteiger partial charge on any atom is 0.198 e. The molecule has 22 heavy (non-hydrogen) atoms. The molecule has 6 heteroatoms. The van der Waals surface area contributed by atoms with Gasteiger partial charge in [-0.1, -0.05) is 56.1 Å². The summed E-state index contributed by atoms with van der Waals surface area (Å²) in [5.41, 5.74) is 1.02. The molecule has 0 unspecified atom stereocenters. The third-order valence-electron chi connectivity index (χ3n) is 3.80. The number of carbonyl (C=O) groups is 2. The van der Waals surface area contributed by atoms with Crippen molar-refractivity contribution in [3.8, 4) is 11.5 Å². The van der Waals surface area contributed by atoms with Crippen LogP contribution >= 0.6 is 31.9 Å². The van der Waals surface area contributed by atoms with Crippen LogP contribution in [0.2, 0.25) is 0 Å². The number of aromatic hydroxyl groups is 2. The number of phenols is 2. The van der Waals surface area contributed by atoms with E-state index in [2.05, 4.69) is 31.9 Å². The Labute approximate surface area is 143 Å². The summed E-state index contributed by atoms with van der Waals surface area (Å²) in [4.78, 5) is 25.3. The molecule has 1 aliphatic carbocycles. The van der Waals surface area contributed by atoms with E-state index in [1.165, 1.54) is 0 Å². The van der Waals surface area contributed by atoms with E-state index < -0.39 is 11.6 Å². The van der Waals surface area contributed by atoms with Crippen LogP contribution < -0.4 is 0 Å². The van der Waals surface area contributed by atoms with E-state index in [0.717, 1.165) is 0 Å². The molecule has 0 fully saturated rings. The minimum Gasteiger partial charge on any atom is -0.507 e. The monoisotopic (exact) mass is 424 g/mol. The van der Waals surface area contributed by atoms with Gasteiger partial charge in [-0.2, -0.15) is 0 Å². The molecule has 0 bridgehead atoms. The number of rotatable bonds is 2. The highest BCUT2D eigenvalue weighted by Crippen LogP contribution is 2.44. The Kier molecular flexibility index (Phi) is 3.82. The van der Waals surface area contributed by atoms with Crippen molar-refractivity contribution in [1.29, 1.82) is 0 Å². The largest absolute Gasteiger partial charge is 0.507 e. The van der Waals surface area contributed by atoms with Gasteiger partial charge in [-0.3, -0.25) is 9.59 Å². The fourth-order valence-electron chi connectivity index (χ4n) is 2.70. The Balaban J connectivity index is 2.43. The number of hydrogen-bond donors (Lipinski definition) is 2. The third-order valence-corrected chi connectivity index (χ3v) is 4.92. The Hall–Kier alpha value is -1.66. The number of alkyl halides is 2. The average molecular weight is 426 g/mol. The van der Waals surface area contributed by atoms with Crippen LogP contribution in [0.4, 0.5) is 0 Å². The molecule has 0 aromatic heterocycles. The smallest absolute Gasteiger partial charge is 0.198 e. The molecule has 2 aromatic carbocycles. The molecule has 112 valence electrons. The second-order valence-electron chi connectivity index (χ2n) is 4.88. The Morgan fingerprint density at radius 1 is 0.773 bits per heavy atom. The van der Waals surface area contributed by atoms with Gasteiger partial charge >= 0.3 is 0 Å². The minimum atomic E-state index is -0.457. The number of hydrogen-bond acceptors (Lipinski definition) is 4. The second kappa shape index (κ2) is 5.52. The normalized spacial score (nSPS) is 13.0. The summed E-state index contributed by atoms with van der Waals surface area (Å²) in [6.07, 6.45) is 0. The quantitative estimate of drug-likeness (QED) is 0.485. The molecule has 3 rings (SSSR count). The van der Waals surface area contributed by atoms with Gasteiger partial charge in [0.25, 0.3) is 0 Å². The molecule has 0 saturated heterocycles. The van der Waals surface area contributed by atoms with Gasteiger partial charge in [0, 0.05) is 32.9 Å². The van der Waals surface area contributed by atoms with E-state index in [0.29, 0.717) is 11.1 Å². The molecule has 0 aliphatic heterocycles. The average Bonchev–Trinajstić information content (AvgIpc) is 2.53. The van der Waals surface area contributed by atoms with Crippen LogP contribution in [0.1, 0.15) is 43.0 Å². The Bertz CT molecular complexity index is 759. The molecule has 1 aliphatic rings. The van der Waals surface area contributed by atoms with Gasteiger partial charge in [0.2, 0.25) is 0 Å². The SMILES string of the molecule is O=C1c2ccccc2C(=O)c2c(O)c(CBr)c(CBr)c(O)c21. The van der Waals surface area contributed by atoms with E-state index in [1.807, 2.05) is 0 Å². The van der Waals surface area contributed by atoms with Crippen LogP contribution in [0.25, 0.3) is 0 Å². The number of ketones is 2. The van der Waals surface area contributed by atoms with E-state index in [4.69, 9.17) is 0 Å². The first kappa shape index (κ1) is 15.2. The van der Waals surface area contributed by atoms with Crippen molar-refractivity contribution < 1.29 is 19.8 Å². The fraction of sp³-hybridized carbons (Fsp3) is 0.125. The molecule has 0 atom stereocenters. The van der Waals surface area contributed by atoms with Crippen molar-refractivity contribution in [3.63, 3.8) is 0 Å². The lowest BCUT2D eigenvalue weighted by Crippen LogP contribution is -2.22. The van der Waals surface area contributed by atoms with Gasteiger partial charge in [0.05, 0.1) is 11.1 Å². The summed E-state index contributed by atoms with van der Waals surface area (Å²) in [7, 11) is 0. The summed E-state index contributed by atoms with van der Waals surface area (Å²) in [6.45, 7) is 0. The zero-order valence-corrected chi connectivity index (χ0v) is 14.4. The zero-order valence-electron chi connectivity index (χ0n) is 11.2. The molecule has 2 aromatic rings. The lowest BCUT2D eigenvalue weighted by atomic mass is 9.81. The van der Waals surface area contributed by atoms with Crippen LogP contribution in [0.3, 0.4) is 0 Å². The molecular weight excluding hydrogens is 416 g/mol. The fourth-order valence-corrected chi connectivity index (χ4v) is 3.91. The molecule has 4 nitrogen and oxygen atoms in total. The van der Waals surface area contributed by atoms with Crippen molar-refractivity contribution >= 4 is 43.4 Å². The number of halogens is 2. The summed E-state index contributed by atoms with van der Waals surface area (Å²) < 4.78 is 0. The third kappa shape index (κ3) is 1.94. The highest BCUT2D eigenvalue weighted by atomic mass is 79.9. The first-order valence-corrected chi connectivity index (χ1v) is 8.67. The van der Waals surface area contributed by atoms with Crippen molar-refractivity contribution in [2.24, 2.45) is 0 Å². The van der Waals surface area contributed by atoms with E-state index in [9.17, 15) is 19.8 Å².